The summed E-state index contributed by atoms with van der Waals surface area (Å²) in [5, 5.41) is 8.44. The molecule has 0 saturated carbocycles. The van der Waals surface area contributed by atoms with Crippen LogP contribution in [-0.2, 0) is 13.1 Å². The summed E-state index contributed by atoms with van der Waals surface area (Å²) in [6.07, 6.45) is 5.75. The lowest BCUT2D eigenvalue weighted by Crippen LogP contribution is -2.32. The van der Waals surface area contributed by atoms with Gasteiger partial charge in [-0.05, 0) is 26.3 Å². The summed E-state index contributed by atoms with van der Waals surface area (Å²) in [4.78, 5) is 6.47. The van der Waals surface area contributed by atoms with E-state index < -0.39 is 0 Å². The third-order valence-electron chi connectivity index (χ3n) is 4.63. The van der Waals surface area contributed by atoms with Gasteiger partial charge in [0.1, 0.15) is 18.3 Å². The molecule has 0 amide bonds. The van der Waals surface area contributed by atoms with Gasteiger partial charge in [-0.25, -0.2) is 4.98 Å². The molecule has 4 rings (SSSR count). The van der Waals surface area contributed by atoms with Crippen LogP contribution in [0.25, 0.3) is 11.3 Å². The van der Waals surface area contributed by atoms with E-state index in [1.54, 1.807) is 12.7 Å². The highest BCUT2D eigenvalue weighted by Gasteiger charge is 2.26. The summed E-state index contributed by atoms with van der Waals surface area (Å²) in [7, 11) is 0. The van der Waals surface area contributed by atoms with Gasteiger partial charge in [-0.2, -0.15) is 5.10 Å². The van der Waals surface area contributed by atoms with Crippen LogP contribution in [0.5, 0.6) is 0 Å². The molecule has 1 aromatic carbocycles. The minimum atomic E-state index is 0.472. The van der Waals surface area contributed by atoms with Crippen LogP contribution in [0, 0.1) is 6.92 Å². The van der Waals surface area contributed by atoms with Crippen LogP contribution in [0.2, 0.25) is 0 Å². The highest BCUT2D eigenvalue weighted by molar-refractivity contribution is 5.59. The summed E-state index contributed by atoms with van der Waals surface area (Å²) >= 11 is 0. The summed E-state index contributed by atoms with van der Waals surface area (Å²) in [6.45, 7) is 4.83. The number of aromatic nitrogens is 4. The predicted octanol–water partition coefficient (Wildman–Crippen LogP) is 2.91. The minimum Gasteiger partial charge on any atom is -0.359 e. The quantitative estimate of drug-likeness (QED) is 0.722. The molecule has 0 aliphatic carbocycles. The zero-order valence-electron chi connectivity index (χ0n) is 13.8. The molecule has 0 N–H and O–H groups in total. The van der Waals surface area contributed by atoms with Crippen molar-refractivity contribution >= 4 is 0 Å². The van der Waals surface area contributed by atoms with Gasteiger partial charge in [0.15, 0.2) is 5.76 Å². The first kappa shape index (κ1) is 15.1. The summed E-state index contributed by atoms with van der Waals surface area (Å²) in [5.41, 5.74) is 3.24. The lowest BCUT2D eigenvalue weighted by molar-refractivity contribution is 0.195. The van der Waals surface area contributed by atoms with Crippen molar-refractivity contribution in [3.8, 4) is 11.3 Å². The van der Waals surface area contributed by atoms with Crippen molar-refractivity contribution in [1.82, 2.24) is 24.8 Å². The third kappa shape index (κ3) is 3.23. The maximum Gasteiger partial charge on any atom is 0.151 e. The van der Waals surface area contributed by atoms with E-state index in [0.717, 1.165) is 36.7 Å². The largest absolute Gasteiger partial charge is 0.359 e. The van der Waals surface area contributed by atoms with E-state index in [1.807, 2.05) is 4.68 Å². The zero-order valence-corrected chi connectivity index (χ0v) is 13.8. The van der Waals surface area contributed by atoms with Gasteiger partial charge in [-0.15, -0.1) is 0 Å². The molecule has 1 fully saturated rings. The van der Waals surface area contributed by atoms with Crippen molar-refractivity contribution < 1.29 is 4.52 Å². The molecule has 24 heavy (non-hydrogen) atoms. The average Bonchev–Trinajstić information content (AvgIpc) is 3.32. The van der Waals surface area contributed by atoms with E-state index in [1.165, 1.54) is 18.4 Å². The SMILES string of the molecule is Cc1ccc(-c2cc(CN3CCCC3Cn3cncn3)on2)cc1. The maximum atomic E-state index is 5.57. The van der Waals surface area contributed by atoms with Gasteiger partial charge >= 0.3 is 0 Å². The molecule has 1 unspecified atom stereocenters. The molecule has 6 heteroatoms. The third-order valence-corrected chi connectivity index (χ3v) is 4.63. The maximum absolute atomic E-state index is 5.57. The molecule has 124 valence electrons. The van der Waals surface area contributed by atoms with E-state index in [4.69, 9.17) is 4.52 Å². The van der Waals surface area contributed by atoms with Crippen molar-refractivity contribution in [3.05, 3.63) is 54.3 Å². The Morgan fingerprint density at radius 1 is 1.25 bits per heavy atom. The fraction of sp³-hybridized carbons (Fsp3) is 0.389. The van der Waals surface area contributed by atoms with E-state index in [0.29, 0.717) is 6.04 Å². The molecule has 3 aromatic rings. The van der Waals surface area contributed by atoms with Gasteiger partial charge in [0.05, 0.1) is 13.1 Å². The second-order valence-corrected chi connectivity index (χ2v) is 6.43. The normalized spacial score (nSPS) is 18.3. The van der Waals surface area contributed by atoms with Crippen molar-refractivity contribution in [3.63, 3.8) is 0 Å². The molecule has 0 bridgehead atoms. The monoisotopic (exact) mass is 323 g/mol. The Bertz CT molecular complexity index is 778. The number of aryl methyl sites for hydroxylation is 1. The first-order valence-corrected chi connectivity index (χ1v) is 8.37. The van der Waals surface area contributed by atoms with Crippen LogP contribution < -0.4 is 0 Å². The summed E-state index contributed by atoms with van der Waals surface area (Å²) in [5.74, 6) is 0.913. The van der Waals surface area contributed by atoms with E-state index in [-0.39, 0.29) is 0 Å². The summed E-state index contributed by atoms with van der Waals surface area (Å²) in [6, 6.07) is 10.9. The first-order valence-electron chi connectivity index (χ1n) is 8.37. The number of rotatable bonds is 5. The van der Waals surface area contributed by atoms with Crippen molar-refractivity contribution in [2.45, 2.75) is 38.9 Å². The van der Waals surface area contributed by atoms with Gasteiger partial charge < -0.3 is 4.52 Å². The smallest absolute Gasteiger partial charge is 0.151 e. The minimum absolute atomic E-state index is 0.472. The lowest BCUT2D eigenvalue weighted by Gasteiger charge is -2.22. The van der Waals surface area contributed by atoms with Crippen molar-refractivity contribution in [2.24, 2.45) is 0 Å². The first-order chi connectivity index (χ1) is 11.8. The second kappa shape index (κ2) is 6.57. The van der Waals surface area contributed by atoms with Gasteiger partial charge in [-0.1, -0.05) is 35.0 Å². The van der Waals surface area contributed by atoms with Gasteiger partial charge in [0, 0.05) is 17.7 Å². The van der Waals surface area contributed by atoms with Crippen LogP contribution in [0.1, 0.15) is 24.2 Å². The molecule has 1 saturated heterocycles. The highest BCUT2D eigenvalue weighted by atomic mass is 16.5. The Morgan fingerprint density at radius 2 is 2.12 bits per heavy atom. The number of likely N-dealkylation sites (tertiary alicyclic amines) is 1. The van der Waals surface area contributed by atoms with E-state index in [2.05, 4.69) is 57.4 Å². The van der Waals surface area contributed by atoms with Crippen LogP contribution in [-0.4, -0.2) is 37.4 Å². The van der Waals surface area contributed by atoms with Crippen molar-refractivity contribution in [2.75, 3.05) is 6.54 Å². The van der Waals surface area contributed by atoms with E-state index in [9.17, 15) is 0 Å². The second-order valence-electron chi connectivity index (χ2n) is 6.43. The topological polar surface area (TPSA) is 60.0 Å². The van der Waals surface area contributed by atoms with E-state index >= 15 is 0 Å². The molecule has 2 aromatic heterocycles. The Balaban J connectivity index is 1.44. The number of hydrogen-bond acceptors (Lipinski definition) is 5. The van der Waals surface area contributed by atoms with Gasteiger partial charge in [0.25, 0.3) is 0 Å². The van der Waals surface area contributed by atoms with Crippen LogP contribution >= 0.6 is 0 Å². The number of hydrogen-bond donors (Lipinski definition) is 0. The van der Waals surface area contributed by atoms with Crippen molar-refractivity contribution in [1.29, 1.82) is 0 Å². The molecule has 3 heterocycles. The molecule has 1 aliphatic heterocycles. The van der Waals surface area contributed by atoms with Crippen LogP contribution in [0.4, 0.5) is 0 Å². The molecule has 6 nitrogen and oxygen atoms in total. The Labute approximate surface area is 141 Å². The Morgan fingerprint density at radius 3 is 2.92 bits per heavy atom. The highest BCUT2D eigenvalue weighted by Crippen LogP contribution is 2.24. The van der Waals surface area contributed by atoms with Gasteiger partial charge in [0.2, 0.25) is 0 Å². The predicted molar refractivity (Wildman–Crippen MR) is 90.1 cm³/mol. The summed E-state index contributed by atoms with van der Waals surface area (Å²) < 4.78 is 7.47. The molecular weight excluding hydrogens is 302 g/mol. The fourth-order valence-electron chi connectivity index (χ4n) is 3.30. The molecule has 0 spiro atoms. The zero-order chi connectivity index (χ0) is 16.4. The Hall–Kier alpha value is -2.47. The van der Waals surface area contributed by atoms with Gasteiger partial charge in [-0.3, -0.25) is 9.58 Å². The fourth-order valence-corrected chi connectivity index (χ4v) is 3.30. The lowest BCUT2D eigenvalue weighted by atomic mass is 10.1. The standard InChI is InChI=1S/C18H21N5O/c1-14-4-6-15(7-5-14)18-9-17(24-21-18)11-22-8-2-3-16(22)10-23-13-19-12-20-23/h4-7,9,12-13,16H,2-3,8,10-11H2,1H3. The molecule has 1 atom stereocenters. The molecule has 1 aliphatic rings. The Kier molecular flexibility index (Phi) is 4.13. The van der Waals surface area contributed by atoms with Crippen LogP contribution in [0.15, 0.2) is 47.5 Å². The number of nitrogens with zero attached hydrogens (tertiary/aromatic N) is 5. The average molecular weight is 323 g/mol. The molecule has 0 radical (unpaired) electrons. The van der Waals surface area contributed by atoms with Crippen LogP contribution in [0.3, 0.4) is 0 Å². The molecular formula is C18H21N5O. The number of benzene rings is 1.